The largest absolute Gasteiger partial charge is 0.416 e. The van der Waals surface area contributed by atoms with Gasteiger partial charge in [-0.15, -0.1) is 0 Å². The normalized spacial score (nSPS) is 15.3. The number of nitrogens with zero attached hydrogens (tertiary/aromatic N) is 1. The quantitative estimate of drug-likeness (QED) is 0.750. The highest BCUT2D eigenvalue weighted by Crippen LogP contribution is 2.33. The van der Waals surface area contributed by atoms with Crippen LogP contribution in [0.3, 0.4) is 0 Å². The minimum atomic E-state index is -4.40. The fraction of sp³-hybridized carbons (Fsp3) is 0.500. The maximum absolute atomic E-state index is 12.8. The smallest absolute Gasteiger partial charge is 0.234 e. The lowest BCUT2D eigenvalue weighted by molar-refractivity contribution is -0.138. The number of rotatable bonds is 2. The maximum atomic E-state index is 12.8. The Morgan fingerprint density at radius 2 is 1.75 bits per heavy atom. The first-order chi connectivity index (χ1) is 8.94. The van der Waals surface area contributed by atoms with Gasteiger partial charge in [0.2, 0.25) is 0 Å². The molecule has 0 heterocycles. The standard InChI is InChI=1S/C14H18F3NOS/c1-9-11(7-6-8-12(9)14(15,16)17)10(2)18-20(19)13(3,4)5/h6-8H,1-5H3/b18-10+/t20-/m0/s1. The van der Waals surface area contributed by atoms with Crippen LogP contribution in [0.1, 0.15) is 44.4 Å². The summed E-state index contributed by atoms with van der Waals surface area (Å²) in [7, 11) is -1.50. The van der Waals surface area contributed by atoms with Crippen molar-refractivity contribution < 1.29 is 17.4 Å². The zero-order chi connectivity index (χ0) is 15.7. The molecule has 0 N–H and O–H groups in total. The van der Waals surface area contributed by atoms with E-state index in [1.807, 2.05) is 0 Å². The first-order valence-corrected chi connectivity index (χ1v) is 7.19. The molecule has 0 unspecified atom stereocenters. The third-order valence-corrected chi connectivity index (χ3v) is 4.26. The van der Waals surface area contributed by atoms with Crippen molar-refractivity contribution in [2.45, 2.75) is 45.5 Å². The van der Waals surface area contributed by atoms with Crippen LogP contribution in [0.2, 0.25) is 0 Å². The van der Waals surface area contributed by atoms with Gasteiger partial charge in [0, 0.05) is 0 Å². The van der Waals surface area contributed by atoms with Gasteiger partial charge in [0.1, 0.15) is 11.0 Å². The lowest BCUT2D eigenvalue weighted by atomic mass is 9.99. The Morgan fingerprint density at radius 3 is 2.20 bits per heavy atom. The van der Waals surface area contributed by atoms with Crippen molar-refractivity contribution in [2.75, 3.05) is 0 Å². The maximum Gasteiger partial charge on any atom is 0.416 e. The van der Waals surface area contributed by atoms with Crippen LogP contribution < -0.4 is 0 Å². The van der Waals surface area contributed by atoms with E-state index in [1.165, 1.54) is 13.0 Å². The van der Waals surface area contributed by atoms with Crippen LogP contribution in [0.25, 0.3) is 0 Å². The fourth-order valence-electron chi connectivity index (χ4n) is 1.65. The second-order valence-electron chi connectivity index (χ2n) is 5.51. The summed E-state index contributed by atoms with van der Waals surface area (Å²) < 4.78 is 54.0. The molecule has 0 aliphatic carbocycles. The molecule has 0 saturated heterocycles. The predicted molar refractivity (Wildman–Crippen MR) is 76.3 cm³/mol. The molecular formula is C14H18F3NOS. The summed E-state index contributed by atoms with van der Waals surface area (Å²) in [5.41, 5.74) is 0.137. The van der Waals surface area contributed by atoms with E-state index >= 15 is 0 Å². The highest BCUT2D eigenvalue weighted by atomic mass is 32.2. The molecule has 1 rings (SSSR count). The van der Waals surface area contributed by atoms with Crippen molar-refractivity contribution in [1.29, 1.82) is 0 Å². The van der Waals surface area contributed by atoms with Gasteiger partial charge in [0.15, 0.2) is 0 Å². The molecule has 2 nitrogen and oxygen atoms in total. The average molecular weight is 305 g/mol. The summed E-state index contributed by atoms with van der Waals surface area (Å²) in [6.45, 7) is 8.26. The van der Waals surface area contributed by atoms with Crippen molar-refractivity contribution in [3.63, 3.8) is 0 Å². The van der Waals surface area contributed by atoms with E-state index in [2.05, 4.69) is 4.40 Å². The van der Waals surface area contributed by atoms with Crippen LogP contribution in [0.5, 0.6) is 0 Å². The monoisotopic (exact) mass is 305 g/mol. The molecule has 0 aliphatic rings. The van der Waals surface area contributed by atoms with Gasteiger partial charge in [-0.3, -0.25) is 0 Å². The molecule has 0 bridgehead atoms. The molecular weight excluding hydrogens is 287 g/mol. The third-order valence-electron chi connectivity index (χ3n) is 2.77. The van der Waals surface area contributed by atoms with Crippen molar-refractivity contribution in [3.8, 4) is 0 Å². The minimum absolute atomic E-state index is 0.104. The molecule has 1 aromatic carbocycles. The lowest BCUT2D eigenvalue weighted by Crippen LogP contribution is -2.21. The van der Waals surface area contributed by atoms with Crippen LogP contribution >= 0.6 is 0 Å². The Balaban J connectivity index is 3.29. The molecule has 0 aromatic heterocycles. The molecule has 1 aromatic rings. The summed E-state index contributed by atoms with van der Waals surface area (Å²) in [6, 6.07) is 3.93. The molecule has 0 fully saturated rings. The predicted octanol–water partition coefficient (Wildman–Crippen LogP) is 4.29. The number of hydrogen-bond acceptors (Lipinski definition) is 1. The molecule has 112 valence electrons. The number of hydrogen-bond donors (Lipinski definition) is 0. The van der Waals surface area contributed by atoms with Crippen molar-refractivity contribution in [2.24, 2.45) is 4.40 Å². The van der Waals surface area contributed by atoms with Gasteiger partial charge in [-0.1, -0.05) is 12.1 Å². The Hall–Kier alpha value is -1.17. The summed E-state index contributed by atoms with van der Waals surface area (Å²) in [5, 5.41) is 0. The fourth-order valence-corrected chi connectivity index (χ4v) is 2.27. The second kappa shape index (κ2) is 5.68. The molecule has 20 heavy (non-hydrogen) atoms. The molecule has 1 atom stereocenters. The lowest BCUT2D eigenvalue weighted by Gasteiger charge is -2.16. The number of benzene rings is 1. The van der Waals surface area contributed by atoms with E-state index in [4.69, 9.17) is 0 Å². The molecule has 6 heteroatoms. The first-order valence-electron chi connectivity index (χ1n) is 6.09. The van der Waals surface area contributed by atoms with Gasteiger partial charge in [-0.2, -0.15) is 17.6 Å². The van der Waals surface area contributed by atoms with E-state index in [1.54, 1.807) is 33.8 Å². The van der Waals surface area contributed by atoms with Crippen molar-refractivity contribution in [3.05, 3.63) is 34.9 Å². The SMILES string of the molecule is C/C(=N\[S@@](=O)C(C)(C)C)c1cccc(C(F)(F)F)c1C. The number of halogens is 3. The summed E-state index contributed by atoms with van der Waals surface area (Å²) in [4.78, 5) is 0. The molecule has 0 spiro atoms. The highest BCUT2D eigenvalue weighted by Gasteiger charge is 2.33. The molecule has 0 amide bonds. The second-order valence-corrected chi connectivity index (χ2v) is 7.42. The highest BCUT2D eigenvalue weighted by molar-refractivity contribution is 7.85. The first kappa shape index (κ1) is 16.9. The zero-order valence-electron chi connectivity index (χ0n) is 12.1. The molecule has 0 aliphatic heterocycles. The number of alkyl halides is 3. The van der Waals surface area contributed by atoms with Gasteiger partial charge < -0.3 is 0 Å². The Bertz CT molecular complexity index is 557. The Kier molecular flexibility index (Phi) is 4.79. The third kappa shape index (κ3) is 3.91. The van der Waals surface area contributed by atoms with E-state index in [9.17, 15) is 17.4 Å². The van der Waals surface area contributed by atoms with Gasteiger partial charge in [-0.05, 0) is 51.8 Å². The van der Waals surface area contributed by atoms with Crippen LogP contribution in [0, 0.1) is 6.92 Å². The average Bonchev–Trinajstić information content (AvgIpc) is 2.26. The Morgan fingerprint density at radius 1 is 1.20 bits per heavy atom. The summed E-state index contributed by atoms with van der Waals surface area (Å²) in [5.74, 6) is 0. The van der Waals surface area contributed by atoms with E-state index in [0.717, 1.165) is 6.07 Å². The van der Waals surface area contributed by atoms with E-state index in [0.29, 0.717) is 11.3 Å². The Labute approximate surface area is 119 Å². The summed E-state index contributed by atoms with van der Waals surface area (Å²) in [6.07, 6.45) is -4.40. The van der Waals surface area contributed by atoms with Crippen LogP contribution in [-0.4, -0.2) is 14.7 Å². The van der Waals surface area contributed by atoms with Gasteiger partial charge in [0.25, 0.3) is 0 Å². The van der Waals surface area contributed by atoms with E-state index < -0.39 is 27.5 Å². The van der Waals surface area contributed by atoms with Crippen LogP contribution in [0.4, 0.5) is 13.2 Å². The van der Waals surface area contributed by atoms with Gasteiger partial charge >= 0.3 is 6.18 Å². The zero-order valence-corrected chi connectivity index (χ0v) is 12.9. The molecule has 0 saturated carbocycles. The van der Waals surface area contributed by atoms with E-state index in [-0.39, 0.29) is 5.56 Å². The van der Waals surface area contributed by atoms with Gasteiger partial charge in [-0.25, -0.2) is 4.21 Å². The van der Waals surface area contributed by atoms with Gasteiger partial charge in [0.05, 0.1) is 16.0 Å². The summed E-state index contributed by atoms with van der Waals surface area (Å²) >= 11 is 0. The van der Waals surface area contributed by atoms with Crippen LogP contribution in [0.15, 0.2) is 22.6 Å². The minimum Gasteiger partial charge on any atom is -0.234 e. The molecule has 0 radical (unpaired) electrons. The topological polar surface area (TPSA) is 29.4 Å². The van der Waals surface area contributed by atoms with Crippen molar-refractivity contribution >= 4 is 16.7 Å². The van der Waals surface area contributed by atoms with Crippen LogP contribution in [-0.2, 0) is 17.2 Å². The van der Waals surface area contributed by atoms with Crippen molar-refractivity contribution in [1.82, 2.24) is 0 Å².